The molecule has 0 saturated carbocycles. The van der Waals surface area contributed by atoms with E-state index in [0.717, 1.165) is 24.9 Å². The number of esters is 3. The van der Waals surface area contributed by atoms with Gasteiger partial charge < -0.3 is 37.6 Å². The number of hydrogen-bond acceptors (Lipinski definition) is 11. The second-order valence-electron chi connectivity index (χ2n) is 10.1. The van der Waals surface area contributed by atoms with Gasteiger partial charge in [-0.25, -0.2) is 0 Å². The summed E-state index contributed by atoms with van der Waals surface area (Å²) in [5.74, 6) is -2.48. The van der Waals surface area contributed by atoms with Gasteiger partial charge in [-0.05, 0) is 51.1 Å². The maximum atomic E-state index is 11.7. The Morgan fingerprint density at radius 3 is 1.33 bits per heavy atom. The van der Waals surface area contributed by atoms with Crippen molar-refractivity contribution in [2.24, 2.45) is 0 Å². The smallest absolute Gasteiger partial charge is 0.306 e. The molecule has 0 unspecified atom stereocenters. The molecule has 0 aliphatic heterocycles. The van der Waals surface area contributed by atoms with Crippen LogP contribution >= 0.6 is 0 Å². The normalized spacial score (nSPS) is 11.7. The molecular formula is C25H48O12Si2. The molecule has 0 aromatic rings. The summed E-state index contributed by atoms with van der Waals surface area (Å²) in [6.45, 7) is 11.3. The molecule has 228 valence electrons. The van der Waals surface area contributed by atoms with Gasteiger partial charge in [0.05, 0.1) is 45.5 Å². The Kier molecular flexibility index (Phi) is 20.9. The third-order valence-corrected chi connectivity index (χ3v) is 12.8. The SMILES string of the molecule is COCCOC(=O)CCC(=O)OCCOCCC[Si](C)(C)O[Si](C)(C)CCCOCCOC(=O)CCC(=O)O. The minimum Gasteiger partial charge on any atom is -0.481 e. The molecule has 0 amide bonds. The monoisotopic (exact) mass is 596 g/mol. The molecule has 12 nitrogen and oxygen atoms in total. The fourth-order valence-corrected chi connectivity index (χ4v) is 12.3. The van der Waals surface area contributed by atoms with E-state index in [9.17, 15) is 19.2 Å². The van der Waals surface area contributed by atoms with Crippen molar-refractivity contribution in [3.05, 3.63) is 0 Å². The molecule has 0 heterocycles. The van der Waals surface area contributed by atoms with E-state index in [0.29, 0.717) is 26.4 Å². The lowest BCUT2D eigenvalue weighted by molar-refractivity contribution is -0.151. The molecule has 0 aliphatic rings. The van der Waals surface area contributed by atoms with Gasteiger partial charge in [0.25, 0.3) is 0 Å². The Morgan fingerprint density at radius 2 is 0.949 bits per heavy atom. The Hall–Kier alpha value is -1.85. The molecule has 0 saturated heterocycles. The van der Waals surface area contributed by atoms with E-state index >= 15 is 0 Å². The first-order chi connectivity index (χ1) is 18.4. The highest BCUT2D eigenvalue weighted by Crippen LogP contribution is 2.23. The lowest BCUT2D eigenvalue weighted by atomic mass is 10.3. The average Bonchev–Trinajstić information content (AvgIpc) is 2.84. The molecule has 14 heteroatoms. The van der Waals surface area contributed by atoms with Gasteiger partial charge in [0.1, 0.15) is 19.8 Å². The highest BCUT2D eigenvalue weighted by Gasteiger charge is 2.32. The van der Waals surface area contributed by atoms with Gasteiger partial charge >= 0.3 is 23.9 Å². The number of carboxylic acid groups (broad SMARTS) is 1. The van der Waals surface area contributed by atoms with E-state index in [4.69, 9.17) is 37.6 Å². The molecule has 0 spiro atoms. The Labute approximate surface area is 234 Å². The summed E-state index contributed by atoms with van der Waals surface area (Å²) in [7, 11) is -2.22. The zero-order valence-electron chi connectivity index (χ0n) is 24.3. The van der Waals surface area contributed by atoms with Crippen LogP contribution < -0.4 is 0 Å². The minimum absolute atomic E-state index is 0.0233. The predicted octanol–water partition coefficient (Wildman–Crippen LogP) is 3.15. The van der Waals surface area contributed by atoms with Crippen LogP contribution in [0.3, 0.4) is 0 Å². The van der Waals surface area contributed by atoms with Crippen molar-refractivity contribution in [2.75, 3.05) is 60.0 Å². The lowest BCUT2D eigenvalue weighted by Gasteiger charge is -2.34. The van der Waals surface area contributed by atoms with Crippen molar-refractivity contribution in [2.45, 2.75) is 76.8 Å². The van der Waals surface area contributed by atoms with Crippen LogP contribution in [0.25, 0.3) is 0 Å². The van der Waals surface area contributed by atoms with Crippen LogP contribution in [-0.2, 0) is 51.7 Å². The van der Waals surface area contributed by atoms with E-state index in [1.807, 2.05) is 0 Å². The molecule has 1 N–H and O–H groups in total. The summed E-state index contributed by atoms with van der Waals surface area (Å²) in [5.41, 5.74) is 0. The van der Waals surface area contributed by atoms with Gasteiger partial charge in [-0.1, -0.05) is 0 Å². The summed E-state index contributed by atoms with van der Waals surface area (Å²) in [5, 5.41) is 8.54. The van der Waals surface area contributed by atoms with Gasteiger partial charge in [0, 0.05) is 20.3 Å². The number of ether oxygens (including phenoxy) is 6. The van der Waals surface area contributed by atoms with Crippen LogP contribution in [-0.4, -0.2) is 106 Å². The molecule has 0 bridgehead atoms. The molecule has 39 heavy (non-hydrogen) atoms. The topological polar surface area (TPSA) is 153 Å². The van der Waals surface area contributed by atoms with Gasteiger partial charge in [0.2, 0.25) is 0 Å². The van der Waals surface area contributed by atoms with Crippen LogP contribution in [0, 0.1) is 0 Å². The first-order valence-corrected chi connectivity index (χ1v) is 19.6. The number of carbonyl (C=O) groups is 4. The van der Waals surface area contributed by atoms with Gasteiger partial charge in [-0.2, -0.15) is 0 Å². The summed E-state index contributed by atoms with van der Waals surface area (Å²) in [6, 6.07) is 1.91. The quantitative estimate of drug-likeness (QED) is 0.0713. The van der Waals surface area contributed by atoms with E-state index in [2.05, 4.69) is 26.2 Å². The Morgan fingerprint density at radius 1 is 0.564 bits per heavy atom. The third kappa shape index (κ3) is 24.9. The van der Waals surface area contributed by atoms with E-state index in [1.54, 1.807) is 0 Å². The van der Waals surface area contributed by atoms with Crippen molar-refractivity contribution < 1.29 is 56.8 Å². The summed E-state index contributed by atoms with van der Waals surface area (Å²) in [4.78, 5) is 44.9. The number of carbonyl (C=O) groups excluding carboxylic acids is 3. The zero-order valence-corrected chi connectivity index (χ0v) is 26.3. The third-order valence-electron chi connectivity index (χ3n) is 5.30. The van der Waals surface area contributed by atoms with Crippen LogP contribution in [0.4, 0.5) is 0 Å². The number of aliphatic carboxylic acids is 1. The van der Waals surface area contributed by atoms with E-state index in [-0.39, 0.29) is 52.1 Å². The Bertz CT molecular complexity index is 715. The fourth-order valence-electron chi connectivity index (χ4n) is 3.55. The van der Waals surface area contributed by atoms with Crippen molar-refractivity contribution in [3.8, 4) is 0 Å². The summed E-state index contributed by atoms with van der Waals surface area (Å²) >= 11 is 0. The summed E-state index contributed by atoms with van der Waals surface area (Å²) in [6.07, 6.45) is 1.30. The fraction of sp³-hybridized carbons (Fsp3) is 0.840. The first-order valence-electron chi connectivity index (χ1n) is 13.4. The Balaban J connectivity index is 3.82. The minimum atomic E-state index is -1.86. The van der Waals surface area contributed by atoms with Crippen molar-refractivity contribution in [3.63, 3.8) is 0 Å². The largest absolute Gasteiger partial charge is 0.481 e. The molecule has 0 fully saturated rings. The van der Waals surface area contributed by atoms with Gasteiger partial charge in [0.15, 0.2) is 16.6 Å². The molecule has 0 radical (unpaired) electrons. The van der Waals surface area contributed by atoms with E-state index in [1.165, 1.54) is 7.11 Å². The summed E-state index contributed by atoms with van der Waals surface area (Å²) < 4.78 is 37.4. The second kappa shape index (κ2) is 21.9. The molecule has 0 atom stereocenters. The number of rotatable bonds is 25. The van der Waals surface area contributed by atoms with Crippen molar-refractivity contribution >= 4 is 40.5 Å². The standard InChI is InChI=1S/C25H48O12Si2/c1-31-14-17-34-24(29)10-11-25(30)36-19-16-33-13-7-21-39(4,5)37-38(2,3)20-6-12-32-15-18-35-23(28)9-8-22(26)27/h6-21H2,1-5H3,(H,26,27). The molecule has 0 aromatic carbocycles. The highest BCUT2D eigenvalue weighted by molar-refractivity contribution is 6.84. The van der Waals surface area contributed by atoms with E-state index < -0.39 is 40.5 Å². The molecule has 0 aliphatic carbocycles. The first kappa shape index (κ1) is 37.2. The average molecular weight is 597 g/mol. The maximum absolute atomic E-state index is 11.7. The van der Waals surface area contributed by atoms with Gasteiger partial charge in [-0.15, -0.1) is 0 Å². The number of carboxylic acids is 1. The van der Waals surface area contributed by atoms with Gasteiger partial charge in [-0.3, -0.25) is 19.2 Å². The van der Waals surface area contributed by atoms with Crippen LogP contribution in [0.1, 0.15) is 38.5 Å². The number of hydrogen-bond donors (Lipinski definition) is 1. The molecular weight excluding hydrogens is 548 g/mol. The maximum Gasteiger partial charge on any atom is 0.306 e. The van der Waals surface area contributed by atoms with Crippen LogP contribution in [0.2, 0.25) is 38.3 Å². The number of methoxy groups -OCH3 is 1. The predicted molar refractivity (Wildman–Crippen MR) is 147 cm³/mol. The lowest BCUT2D eigenvalue weighted by Crippen LogP contribution is -2.44. The van der Waals surface area contributed by atoms with Crippen molar-refractivity contribution in [1.29, 1.82) is 0 Å². The molecule has 0 rings (SSSR count). The van der Waals surface area contributed by atoms with Crippen LogP contribution in [0.15, 0.2) is 0 Å². The molecule has 0 aromatic heterocycles. The zero-order chi connectivity index (χ0) is 29.6. The van der Waals surface area contributed by atoms with Crippen LogP contribution in [0.5, 0.6) is 0 Å². The highest BCUT2D eigenvalue weighted by atomic mass is 28.4. The van der Waals surface area contributed by atoms with Crippen molar-refractivity contribution in [1.82, 2.24) is 0 Å². The second-order valence-corrected chi connectivity index (χ2v) is 19.0.